The Labute approximate surface area is 169 Å². The van der Waals surface area contributed by atoms with Crippen molar-refractivity contribution in [1.82, 2.24) is 14.8 Å². The highest BCUT2D eigenvalue weighted by molar-refractivity contribution is 5.95. The molecule has 0 spiro atoms. The Morgan fingerprint density at radius 2 is 1.52 bits per heavy atom. The molecule has 1 saturated carbocycles. The van der Waals surface area contributed by atoms with Crippen molar-refractivity contribution in [1.29, 1.82) is 0 Å². The number of hydrogen-bond acceptors (Lipinski definition) is 3. The van der Waals surface area contributed by atoms with Crippen LogP contribution in [0.5, 0.6) is 0 Å². The van der Waals surface area contributed by atoms with Gasteiger partial charge in [-0.3, -0.25) is 9.59 Å². The Kier molecular flexibility index (Phi) is 4.17. The maximum Gasteiger partial charge on any atom is 0.253 e. The van der Waals surface area contributed by atoms with Gasteiger partial charge in [-0.2, -0.15) is 0 Å². The molecule has 2 heterocycles. The lowest BCUT2D eigenvalue weighted by Crippen LogP contribution is -2.55. The molecular weight excluding hydrogens is 364 g/mol. The molecule has 0 bridgehead atoms. The van der Waals surface area contributed by atoms with Crippen molar-refractivity contribution in [3.63, 3.8) is 0 Å². The monoisotopic (exact) mass is 388 g/mol. The maximum absolute atomic E-state index is 12.9. The van der Waals surface area contributed by atoms with Gasteiger partial charge in [-0.05, 0) is 59.7 Å². The van der Waals surface area contributed by atoms with Crippen LogP contribution in [0.3, 0.4) is 0 Å². The molecule has 2 fully saturated rings. The highest BCUT2D eigenvalue weighted by Gasteiger charge is 2.48. The first-order valence-electron chi connectivity index (χ1n) is 10.1. The Balaban J connectivity index is 1.25. The fourth-order valence-corrected chi connectivity index (χ4v) is 4.00. The number of benzene rings is 2. The van der Waals surface area contributed by atoms with Crippen molar-refractivity contribution in [3.05, 3.63) is 60.3 Å². The molecule has 0 unspecified atom stereocenters. The number of nitrogens with two attached hydrogens (primary N) is 1. The Bertz CT molecular complexity index is 1070. The van der Waals surface area contributed by atoms with Crippen LogP contribution < -0.4 is 5.73 Å². The number of H-pyrrole nitrogens is 1. The lowest BCUT2D eigenvalue weighted by molar-refractivity contribution is -0.135. The van der Waals surface area contributed by atoms with Gasteiger partial charge in [0.25, 0.3) is 5.91 Å². The van der Waals surface area contributed by atoms with Crippen molar-refractivity contribution >= 4 is 22.7 Å². The Morgan fingerprint density at radius 1 is 0.862 bits per heavy atom. The summed E-state index contributed by atoms with van der Waals surface area (Å²) in [6.45, 7) is 2.20. The molecule has 3 N–H and O–H groups in total. The number of carbonyl (C=O) groups is 2. The van der Waals surface area contributed by atoms with Gasteiger partial charge in [0.1, 0.15) is 0 Å². The van der Waals surface area contributed by atoms with Crippen molar-refractivity contribution in [3.8, 4) is 11.1 Å². The zero-order valence-electron chi connectivity index (χ0n) is 16.2. The number of nitrogens with one attached hydrogen (secondary N) is 1. The summed E-state index contributed by atoms with van der Waals surface area (Å²) in [5.41, 5.74) is 9.38. The van der Waals surface area contributed by atoms with E-state index in [1.807, 2.05) is 35.4 Å². The Hall–Kier alpha value is -3.12. The van der Waals surface area contributed by atoms with Crippen LogP contribution in [0.25, 0.3) is 22.0 Å². The maximum atomic E-state index is 12.9. The number of rotatable bonds is 3. The van der Waals surface area contributed by atoms with Gasteiger partial charge in [-0.15, -0.1) is 0 Å². The summed E-state index contributed by atoms with van der Waals surface area (Å²) >= 11 is 0. The molecule has 5 rings (SSSR count). The van der Waals surface area contributed by atoms with Crippen LogP contribution in [0.2, 0.25) is 0 Å². The van der Waals surface area contributed by atoms with Gasteiger partial charge in [0.15, 0.2) is 0 Å². The number of nitrogens with zero attached hydrogens (tertiary/aromatic N) is 2. The molecular formula is C23H24N4O2. The minimum atomic E-state index is -0.634. The van der Waals surface area contributed by atoms with Crippen molar-refractivity contribution in [2.75, 3.05) is 26.2 Å². The second-order valence-electron chi connectivity index (χ2n) is 8.10. The second kappa shape index (κ2) is 6.74. The van der Waals surface area contributed by atoms with Gasteiger partial charge in [0, 0.05) is 43.5 Å². The standard InChI is InChI=1S/C23H24N4O2/c24-23(8-9-23)22(29)27-13-11-26(12-14-27)21(28)17-3-1-16(2-4-17)18-5-6-20-19(15-18)7-10-25-20/h1-7,10,15,25H,8-9,11-14,24H2. The fraction of sp³-hybridized carbons (Fsp3) is 0.304. The van der Waals surface area contributed by atoms with Crippen LogP contribution in [-0.4, -0.2) is 58.3 Å². The van der Waals surface area contributed by atoms with Crippen LogP contribution in [0.4, 0.5) is 0 Å². The van der Waals surface area contributed by atoms with E-state index in [-0.39, 0.29) is 11.8 Å². The summed E-state index contributed by atoms with van der Waals surface area (Å²) in [5, 5.41) is 1.17. The summed E-state index contributed by atoms with van der Waals surface area (Å²) in [6.07, 6.45) is 3.48. The normalized spacial score (nSPS) is 18.1. The average Bonchev–Trinajstić information content (AvgIpc) is 3.34. The zero-order chi connectivity index (χ0) is 20.0. The van der Waals surface area contributed by atoms with E-state index in [1.165, 1.54) is 5.39 Å². The van der Waals surface area contributed by atoms with Crippen molar-refractivity contribution in [2.24, 2.45) is 5.73 Å². The van der Waals surface area contributed by atoms with Gasteiger partial charge in [0.05, 0.1) is 5.54 Å². The third-order valence-electron chi connectivity index (χ3n) is 6.09. The predicted molar refractivity (Wildman–Crippen MR) is 112 cm³/mol. The van der Waals surface area contributed by atoms with Gasteiger partial charge >= 0.3 is 0 Å². The first kappa shape index (κ1) is 17.9. The molecule has 0 radical (unpaired) electrons. The molecule has 1 aromatic heterocycles. The third-order valence-corrected chi connectivity index (χ3v) is 6.09. The van der Waals surface area contributed by atoms with E-state index >= 15 is 0 Å². The van der Waals surface area contributed by atoms with Gasteiger partial charge < -0.3 is 20.5 Å². The Morgan fingerprint density at radius 3 is 2.21 bits per heavy atom. The smallest absolute Gasteiger partial charge is 0.253 e. The number of amides is 2. The van der Waals surface area contributed by atoms with Crippen molar-refractivity contribution in [2.45, 2.75) is 18.4 Å². The SMILES string of the molecule is NC1(C(=O)N2CCN(C(=O)c3ccc(-c4ccc5[nH]ccc5c4)cc3)CC2)CC1. The lowest BCUT2D eigenvalue weighted by Gasteiger charge is -2.36. The van der Waals surface area contributed by atoms with E-state index in [1.54, 1.807) is 4.90 Å². The average molecular weight is 388 g/mol. The minimum Gasteiger partial charge on any atom is -0.361 e. The first-order valence-corrected chi connectivity index (χ1v) is 10.1. The first-order chi connectivity index (χ1) is 14.0. The number of aromatic amines is 1. The molecule has 2 aromatic carbocycles. The van der Waals surface area contributed by atoms with Gasteiger partial charge in [-0.25, -0.2) is 0 Å². The van der Waals surface area contributed by atoms with Gasteiger partial charge in [-0.1, -0.05) is 18.2 Å². The zero-order valence-corrected chi connectivity index (χ0v) is 16.2. The van der Waals surface area contributed by atoms with E-state index in [0.717, 1.165) is 29.5 Å². The number of fused-ring (bicyclic) bond motifs is 1. The van der Waals surface area contributed by atoms with E-state index in [0.29, 0.717) is 31.7 Å². The fourth-order valence-electron chi connectivity index (χ4n) is 4.00. The van der Waals surface area contributed by atoms with E-state index in [2.05, 4.69) is 29.2 Å². The molecule has 1 aliphatic heterocycles. The summed E-state index contributed by atoms with van der Waals surface area (Å²) in [4.78, 5) is 32.0. The number of piperazine rings is 1. The van der Waals surface area contributed by atoms with E-state index in [9.17, 15) is 9.59 Å². The predicted octanol–water partition coefficient (Wildman–Crippen LogP) is 2.61. The number of carbonyl (C=O) groups excluding carboxylic acids is 2. The highest BCUT2D eigenvalue weighted by Crippen LogP contribution is 2.34. The molecule has 3 aromatic rings. The molecule has 1 saturated heterocycles. The van der Waals surface area contributed by atoms with E-state index in [4.69, 9.17) is 5.73 Å². The number of aromatic nitrogens is 1. The molecule has 1 aliphatic carbocycles. The molecule has 0 atom stereocenters. The minimum absolute atomic E-state index is 0.0126. The number of hydrogen-bond donors (Lipinski definition) is 2. The van der Waals surface area contributed by atoms with Crippen molar-refractivity contribution < 1.29 is 9.59 Å². The highest BCUT2D eigenvalue weighted by atomic mass is 16.2. The van der Waals surface area contributed by atoms with Crippen LogP contribution in [0.1, 0.15) is 23.2 Å². The van der Waals surface area contributed by atoms with Crippen LogP contribution >= 0.6 is 0 Å². The molecule has 2 amide bonds. The summed E-state index contributed by atoms with van der Waals surface area (Å²) < 4.78 is 0. The van der Waals surface area contributed by atoms with Crippen LogP contribution in [0, 0.1) is 0 Å². The second-order valence-corrected chi connectivity index (χ2v) is 8.10. The lowest BCUT2D eigenvalue weighted by atomic mass is 10.0. The molecule has 2 aliphatic rings. The third kappa shape index (κ3) is 3.29. The molecule has 29 heavy (non-hydrogen) atoms. The topological polar surface area (TPSA) is 82.4 Å². The van der Waals surface area contributed by atoms with Gasteiger partial charge in [0.2, 0.25) is 5.91 Å². The summed E-state index contributed by atoms with van der Waals surface area (Å²) in [5.74, 6) is 0.0481. The molecule has 148 valence electrons. The quantitative estimate of drug-likeness (QED) is 0.724. The largest absolute Gasteiger partial charge is 0.361 e. The molecule has 6 nitrogen and oxygen atoms in total. The van der Waals surface area contributed by atoms with Crippen LogP contribution in [0.15, 0.2) is 54.7 Å². The van der Waals surface area contributed by atoms with Crippen LogP contribution in [-0.2, 0) is 4.79 Å². The molecule has 6 heteroatoms. The summed E-state index contributed by atoms with van der Waals surface area (Å²) in [6, 6.07) is 16.1. The van der Waals surface area contributed by atoms with E-state index < -0.39 is 5.54 Å². The summed E-state index contributed by atoms with van der Waals surface area (Å²) in [7, 11) is 0.